The predicted octanol–water partition coefficient (Wildman–Crippen LogP) is 3.35. The lowest BCUT2D eigenvalue weighted by molar-refractivity contribution is -0.139. The highest BCUT2D eigenvalue weighted by Gasteiger charge is 2.40. The van der Waals surface area contributed by atoms with E-state index in [-0.39, 0.29) is 35.4 Å². The average molecular weight is 592 g/mol. The maximum atomic E-state index is 14.0. The van der Waals surface area contributed by atoms with E-state index in [0.717, 1.165) is 25.2 Å². The van der Waals surface area contributed by atoms with Crippen LogP contribution in [0.4, 0.5) is 33.7 Å². The van der Waals surface area contributed by atoms with Crippen molar-refractivity contribution in [1.82, 2.24) is 30.0 Å². The van der Waals surface area contributed by atoms with Crippen LogP contribution in [0.1, 0.15) is 37.8 Å². The van der Waals surface area contributed by atoms with E-state index in [1.54, 1.807) is 0 Å². The molecule has 0 bridgehead atoms. The molecule has 3 aromatic rings. The van der Waals surface area contributed by atoms with E-state index >= 15 is 0 Å². The molecule has 1 atom stereocenters. The average Bonchev–Trinajstić information content (AvgIpc) is 2.94. The lowest BCUT2D eigenvalue weighted by atomic mass is 10.0. The highest BCUT2D eigenvalue weighted by molar-refractivity contribution is 5.89. The van der Waals surface area contributed by atoms with Crippen molar-refractivity contribution in [3.8, 4) is 11.8 Å². The highest BCUT2D eigenvalue weighted by atomic mass is 19.4. The Hall–Kier alpha value is -3.90. The molecule has 5 rings (SSSR count). The molecule has 2 aliphatic rings. The van der Waals surface area contributed by atoms with E-state index in [1.165, 1.54) is 6.20 Å². The number of nitrogens with zero attached hydrogens (tertiary/aromatic N) is 8. The molecule has 2 saturated heterocycles. The molecule has 1 unspecified atom stereocenters. The minimum Gasteiger partial charge on any atom is -0.353 e. The van der Waals surface area contributed by atoms with Crippen LogP contribution in [0.2, 0.25) is 0 Å². The van der Waals surface area contributed by atoms with E-state index in [1.807, 2.05) is 9.80 Å². The SMILES string of the molecule is CCN(CC)C1CN(c2nc(N3CCNC(CC#N)C3)c3cnn(-c4cccc(C(F)F)c4C(F)(F)F)c(=O)c3n2)C1. The van der Waals surface area contributed by atoms with Crippen molar-refractivity contribution < 1.29 is 22.0 Å². The fourth-order valence-corrected chi connectivity index (χ4v) is 5.63. The minimum absolute atomic E-state index is 0.159. The van der Waals surface area contributed by atoms with Crippen LogP contribution in [0.15, 0.2) is 29.2 Å². The van der Waals surface area contributed by atoms with Gasteiger partial charge in [0.15, 0.2) is 0 Å². The number of rotatable bonds is 8. The normalized spacial score (nSPS) is 18.1. The summed E-state index contributed by atoms with van der Waals surface area (Å²) >= 11 is 0. The third-order valence-corrected chi connectivity index (χ3v) is 7.80. The topological polar surface area (TPSA) is 106 Å². The van der Waals surface area contributed by atoms with Crippen LogP contribution in [0, 0.1) is 11.3 Å². The number of anilines is 2. The maximum Gasteiger partial charge on any atom is 0.418 e. The summed E-state index contributed by atoms with van der Waals surface area (Å²) in [6.45, 7) is 8.47. The zero-order valence-electron chi connectivity index (χ0n) is 23.1. The van der Waals surface area contributed by atoms with Gasteiger partial charge in [0.05, 0.1) is 35.3 Å². The molecule has 0 amide bonds. The van der Waals surface area contributed by atoms with Gasteiger partial charge < -0.3 is 15.1 Å². The van der Waals surface area contributed by atoms with Crippen LogP contribution in [0.3, 0.4) is 0 Å². The third kappa shape index (κ3) is 5.48. The molecule has 0 saturated carbocycles. The number of aromatic nitrogens is 4. The number of likely N-dealkylation sites (N-methyl/N-ethyl adjacent to an activating group) is 1. The Balaban J connectivity index is 1.66. The van der Waals surface area contributed by atoms with Gasteiger partial charge in [-0.25, -0.2) is 13.8 Å². The number of nitrogens with one attached hydrogen (secondary N) is 1. The van der Waals surface area contributed by atoms with Gasteiger partial charge in [-0.2, -0.15) is 33.2 Å². The third-order valence-electron chi connectivity index (χ3n) is 7.80. The van der Waals surface area contributed by atoms with Crippen LogP contribution < -0.4 is 20.7 Å². The highest BCUT2D eigenvalue weighted by Crippen LogP contribution is 2.40. The molecule has 0 spiro atoms. The van der Waals surface area contributed by atoms with Crippen LogP contribution in [-0.2, 0) is 6.18 Å². The van der Waals surface area contributed by atoms with E-state index in [9.17, 15) is 32.0 Å². The summed E-state index contributed by atoms with van der Waals surface area (Å²) in [6, 6.07) is 4.88. The van der Waals surface area contributed by atoms with Crippen molar-refractivity contribution in [3.05, 3.63) is 45.9 Å². The molecule has 1 aromatic carbocycles. The first kappa shape index (κ1) is 29.6. The first-order chi connectivity index (χ1) is 20.1. The molecular weight excluding hydrogens is 561 g/mol. The first-order valence-electron chi connectivity index (χ1n) is 13.7. The number of nitriles is 1. The molecule has 2 fully saturated rings. The van der Waals surface area contributed by atoms with Gasteiger partial charge >= 0.3 is 6.18 Å². The zero-order chi connectivity index (χ0) is 30.2. The summed E-state index contributed by atoms with van der Waals surface area (Å²) in [4.78, 5) is 29.1. The van der Waals surface area contributed by atoms with Gasteiger partial charge in [-0.15, -0.1) is 0 Å². The number of piperazine rings is 1. The van der Waals surface area contributed by atoms with E-state index in [2.05, 4.69) is 40.2 Å². The Morgan fingerprint density at radius 3 is 2.52 bits per heavy atom. The molecular formula is C27H30F5N9O. The molecule has 224 valence electrons. The largest absolute Gasteiger partial charge is 0.418 e. The molecule has 0 radical (unpaired) electrons. The fraction of sp³-hybridized carbons (Fsp3) is 0.519. The summed E-state index contributed by atoms with van der Waals surface area (Å²) < 4.78 is 69.8. The summed E-state index contributed by atoms with van der Waals surface area (Å²) in [5.41, 5.74) is -4.85. The van der Waals surface area contributed by atoms with Crippen LogP contribution in [0.5, 0.6) is 0 Å². The number of hydrogen-bond acceptors (Lipinski definition) is 9. The Labute approximate surface area is 238 Å². The number of hydrogen-bond donors (Lipinski definition) is 1. The Morgan fingerprint density at radius 1 is 1.14 bits per heavy atom. The number of halogens is 5. The van der Waals surface area contributed by atoms with Gasteiger partial charge in [0.25, 0.3) is 12.0 Å². The smallest absolute Gasteiger partial charge is 0.353 e. The molecule has 1 N–H and O–H groups in total. The van der Waals surface area contributed by atoms with Crippen molar-refractivity contribution in [1.29, 1.82) is 5.26 Å². The second-order valence-corrected chi connectivity index (χ2v) is 10.3. The molecule has 42 heavy (non-hydrogen) atoms. The second-order valence-electron chi connectivity index (χ2n) is 10.3. The summed E-state index contributed by atoms with van der Waals surface area (Å²) in [7, 11) is 0. The molecule has 2 aromatic heterocycles. The Bertz CT molecular complexity index is 1540. The van der Waals surface area contributed by atoms with Crippen molar-refractivity contribution in [2.75, 3.05) is 55.6 Å². The van der Waals surface area contributed by atoms with Crippen LogP contribution >= 0.6 is 0 Å². The van der Waals surface area contributed by atoms with Crippen molar-refractivity contribution in [2.24, 2.45) is 0 Å². The number of benzene rings is 1. The van der Waals surface area contributed by atoms with Gasteiger partial charge in [-0.05, 0) is 19.2 Å². The van der Waals surface area contributed by atoms with Gasteiger partial charge in [0.2, 0.25) is 5.95 Å². The monoisotopic (exact) mass is 591 g/mol. The standard InChI is InChI=1S/C27H30F5N9O/c1-3-38(4-2)17-14-40(15-17)26-36-22-19(24(37-26)39-11-10-34-16(13-39)8-9-33)12-35-41(25(22)42)20-7-5-6-18(23(28)29)21(20)27(30,31)32/h5-7,12,16-17,23,34H,3-4,8,10-11,13-15H2,1-2H3. The van der Waals surface area contributed by atoms with Gasteiger partial charge in [-0.3, -0.25) is 9.69 Å². The summed E-state index contributed by atoms with van der Waals surface area (Å²) in [5, 5.41) is 16.7. The maximum absolute atomic E-state index is 14.0. The summed E-state index contributed by atoms with van der Waals surface area (Å²) in [6.07, 6.45) is -7.15. The minimum atomic E-state index is -5.17. The second kappa shape index (κ2) is 11.8. The van der Waals surface area contributed by atoms with Crippen LogP contribution in [0.25, 0.3) is 16.6 Å². The van der Waals surface area contributed by atoms with Crippen molar-refractivity contribution in [3.63, 3.8) is 0 Å². The van der Waals surface area contributed by atoms with Crippen LogP contribution in [-0.4, -0.2) is 82.5 Å². The van der Waals surface area contributed by atoms with Gasteiger partial charge in [0.1, 0.15) is 11.3 Å². The number of alkyl halides is 5. The molecule has 0 aliphatic carbocycles. The molecule has 4 heterocycles. The van der Waals surface area contributed by atoms with E-state index < -0.39 is 35.0 Å². The predicted molar refractivity (Wildman–Crippen MR) is 146 cm³/mol. The molecule has 15 heteroatoms. The molecule has 2 aliphatic heterocycles. The van der Waals surface area contributed by atoms with E-state index in [0.29, 0.717) is 49.3 Å². The van der Waals surface area contributed by atoms with E-state index in [4.69, 9.17) is 4.98 Å². The van der Waals surface area contributed by atoms with Crippen molar-refractivity contribution >= 4 is 22.7 Å². The fourth-order valence-electron chi connectivity index (χ4n) is 5.63. The number of fused-ring (bicyclic) bond motifs is 1. The Kier molecular flexibility index (Phi) is 8.29. The quantitative estimate of drug-likeness (QED) is 0.395. The lowest BCUT2D eigenvalue weighted by Crippen LogP contribution is -2.60. The first-order valence-corrected chi connectivity index (χ1v) is 13.7. The van der Waals surface area contributed by atoms with Crippen molar-refractivity contribution in [2.45, 2.75) is 45.0 Å². The Morgan fingerprint density at radius 2 is 1.88 bits per heavy atom. The summed E-state index contributed by atoms with van der Waals surface area (Å²) in [5.74, 6) is 0.614. The zero-order valence-corrected chi connectivity index (χ0v) is 23.1. The lowest BCUT2D eigenvalue weighted by Gasteiger charge is -2.45. The van der Waals surface area contributed by atoms with Gasteiger partial charge in [0, 0.05) is 50.4 Å². The molecule has 10 nitrogen and oxygen atoms in total. The van der Waals surface area contributed by atoms with Gasteiger partial charge in [-0.1, -0.05) is 26.0 Å².